The van der Waals surface area contributed by atoms with E-state index in [1.165, 1.54) is 51.4 Å². The molecule has 4 bridgehead atoms. The molecule has 0 aromatic rings. The van der Waals surface area contributed by atoms with E-state index in [4.69, 9.17) is 5.73 Å². The zero-order valence-corrected chi connectivity index (χ0v) is 15.5. The lowest BCUT2D eigenvalue weighted by molar-refractivity contribution is -0.131. The molecule has 0 spiro atoms. The lowest BCUT2D eigenvalue weighted by atomic mass is 9.62. The zero-order chi connectivity index (χ0) is 16.9. The smallest absolute Gasteiger partial charge is 0.239 e. The van der Waals surface area contributed by atoms with Crippen LogP contribution in [0.25, 0.3) is 0 Å². The number of nitrogens with zero attached hydrogens (tertiary/aromatic N) is 1. The summed E-state index contributed by atoms with van der Waals surface area (Å²) in [5.41, 5.74) is 5.58. The SMILES string of the molecule is CC(C)CN1C(CC2CCCCC2)C2CC3CNC2(C(N)=O)C1C3. The molecule has 1 amide bonds. The molecule has 5 atom stereocenters. The number of carbonyl (C=O) groups excluding carboxylic acids is 1. The first-order valence-corrected chi connectivity index (χ1v) is 10.3. The highest BCUT2D eigenvalue weighted by molar-refractivity contribution is 5.87. The van der Waals surface area contributed by atoms with Gasteiger partial charge >= 0.3 is 0 Å². The van der Waals surface area contributed by atoms with Gasteiger partial charge in [-0.25, -0.2) is 0 Å². The average molecular weight is 334 g/mol. The normalized spacial score (nSPS) is 42.8. The van der Waals surface area contributed by atoms with Crippen molar-refractivity contribution in [2.75, 3.05) is 13.1 Å². The van der Waals surface area contributed by atoms with Gasteiger partial charge in [0.1, 0.15) is 5.54 Å². The van der Waals surface area contributed by atoms with Crippen molar-refractivity contribution in [3.8, 4) is 0 Å². The molecule has 0 aromatic carbocycles. The minimum Gasteiger partial charge on any atom is -0.368 e. The van der Waals surface area contributed by atoms with E-state index in [2.05, 4.69) is 24.1 Å². The van der Waals surface area contributed by atoms with Crippen molar-refractivity contribution in [2.45, 2.75) is 82.8 Å². The molecule has 3 saturated heterocycles. The van der Waals surface area contributed by atoms with Crippen LogP contribution in [0.3, 0.4) is 0 Å². The van der Waals surface area contributed by atoms with Crippen LogP contribution in [0.1, 0.15) is 65.2 Å². The monoisotopic (exact) mass is 333 g/mol. The Kier molecular flexibility index (Phi) is 4.41. The Bertz CT molecular complexity index is 487. The van der Waals surface area contributed by atoms with Crippen LogP contribution in [0.15, 0.2) is 0 Å². The van der Waals surface area contributed by atoms with Crippen molar-refractivity contribution in [2.24, 2.45) is 29.4 Å². The van der Waals surface area contributed by atoms with Crippen LogP contribution in [0.2, 0.25) is 0 Å². The number of piperidine rings is 2. The average Bonchev–Trinajstić information content (AvgIpc) is 2.74. The number of nitrogens with two attached hydrogens (primary N) is 1. The van der Waals surface area contributed by atoms with Crippen LogP contribution in [0.5, 0.6) is 0 Å². The van der Waals surface area contributed by atoms with Gasteiger partial charge in [0.15, 0.2) is 0 Å². The highest BCUT2D eigenvalue weighted by Crippen LogP contribution is 2.54. The van der Waals surface area contributed by atoms with Crippen molar-refractivity contribution >= 4 is 5.91 Å². The fraction of sp³-hybridized carbons (Fsp3) is 0.950. The van der Waals surface area contributed by atoms with Crippen molar-refractivity contribution in [1.29, 1.82) is 0 Å². The van der Waals surface area contributed by atoms with E-state index < -0.39 is 5.54 Å². The summed E-state index contributed by atoms with van der Waals surface area (Å²) in [6.07, 6.45) is 10.7. The van der Waals surface area contributed by atoms with Crippen LogP contribution < -0.4 is 11.1 Å². The molecule has 5 fully saturated rings. The molecule has 2 saturated carbocycles. The summed E-state index contributed by atoms with van der Waals surface area (Å²) < 4.78 is 0. The second-order valence-electron chi connectivity index (χ2n) is 9.47. The third kappa shape index (κ3) is 2.52. The lowest BCUT2D eigenvalue weighted by Crippen LogP contribution is -2.72. The molecule has 3 N–H and O–H groups in total. The van der Waals surface area contributed by atoms with E-state index in [9.17, 15) is 4.79 Å². The Balaban J connectivity index is 1.63. The van der Waals surface area contributed by atoms with Gasteiger partial charge in [-0.3, -0.25) is 9.69 Å². The van der Waals surface area contributed by atoms with Gasteiger partial charge in [-0.2, -0.15) is 0 Å². The molecule has 0 aromatic heterocycles. The van der Waals surface area contributed by atoms with Crippen molar-refractivity contribution in [3.63, 3.8) is 0 Å². The predicted molar refractivity (Wildman–Crippen MR) is 96.5 cm³/mol. The number of hydrogen-bond acceptors (Lipinski definition) is 3. The highest BCUT2D eigenvalue weighted by atomic mass is 16.1. The zero-order valence-electron chi connectivity index (χ0n) is 15.5. The van der Waals surface area contributed by atoms with Crippen molar-refractivity contribution in [3.05, 3.63) is 0 Å². The number of primary amides is 1. The molecule has 2 aliphatic carbocycles. The van der Waals surface area contributed by atoms with Gasteiger partial charge in [0.2, 0.25) is 5.91 Å². The third-order valence-electron chi connectivity index (χ3n) is 7.51. The third-order valence-corrected chi connectivity index (χ3v) is 7.51. The summed E-state index contributed by atoms with van der Waals surface area (Å²) in [4.78, 5) is 15.3. The molecule has 5 unspecified atom stereocenters. The molecular weight excluding hydrogens is 298 g/mol. The van der Waals surface area contributed by atoms with Crippen LogP contribution in [0, 0.1) is 23.7 Å². The molecule has 0 radical (unpaired) electrons. The summed E-state index contributed by atoms with van der Waals surface area (Å²) in [6, 6.07) is 0.897. The largest absolute Gasteiger partial charge is 0.368 e. The molecule has 3 aliphatic heterocycles. The van der Waals surface area contributed by atoms with E-state index in [1.54, 1.807) is 0 Å². The molecule has 4 nitrogen and oxygen atoms in total. The van der Waals surface area contributed by atoms with Gasteiger partial charge in [-0.1, -0.05) is 46.0 Å². The summed E-state index contributed by atoms with van der Waals surface area (Å²) in [5.74, 6) is 2.60. The molecule has 5 rings (SSSR count). The number of rotatable bonds is 5. The second-order valence-corrected chi connectivity index (χ2v) is 9.47. The van der Waals surface area contributed by atoms with Gasteiger partial charge in [-0.05, 0) is 43.6 Å². The Morgan fingerprint density at radius 1 is 1.25 bits per heavy atom. The maximum atomic E-state index is 12.6. The van der Waals surface area contributed by atoms with E-state index in [1.807, 2.05) is 0 Å². The lowest BCUT2D eigenvalue weighted by Gasteiger charge is -2.51. The molecule has 136 valence electrons. The number of nitrogens with one attached hydrogen (secondary N) is 1. The number of likely N-dealkylation sites (tertiary alicyclic amines) is 1. The Hall–Kier alpha value is -0.610. The van der Waals surface area contributed by atoms with Gasteiger partial charge in [-0.15, -0.1) is 0 Å². The summed E-state index contributed by atoms with van der Waals surface area (Å²) in [7, 11) is 0. The summed E-state index contributed by atoms with van der Waals surface area (Å²) in [5, 5.41) is 3.65. The first-order chi connectivity index (χ1) is 11.5. The second kappa shape index (κ2) is 6.28. The van der Waals surface area contributed by atoms with Crippen molar-refractivity contribution < 1.29 is 4.79 Å². The first kappa shape index (κ1) is 16.8. The number of fused-ring (bicyclic) bond motifs is 1. The number of amides is 1. The van der Waals surface area contributed by atoms with E-state index in [0.29, 0.717) is 23.9 Å². The van der Waals surface area contributed by atoms with E-state index in [0.717, 1.165) is 24.9 Å². The minimum absolute atomic E-state index is 0.0875. The van der Waals surface area contributed by atoms with Gasteiger partial charge in [0.25, 0.3) is 0 Å². The topological polar surface area (TPSA) is 58.4 Å². The van der Waals surface area contributed by atoms with Crippen LogP contribution in [-0.4, -0.2) is 41.5 Å². The van der Waals surface area contributed by atoms with Gasteiger partial charge in [0.05, 0.1) is 0 Å². The summed E-state index contributed by atoms with van der Waals surface area (Å²) >= 11 is 0. The molecular formula is C20H35N3O. The maximum absolute atomic E-state index is 12.6. The van der Waals surface area contributed by atoms with E-state index >= 15 is 0 Å². The molecule has 5 aliphatic rings. The van der Waals surface area contributed by atoms with Crippen LogP contribution >= 0.6 is 0 Å². The van der Waals surface area contributed by atoms with Crippen molar-refractivity contribution in [1.82, 2.24) is 10.2 Å². The highest BCUT2D eigenvalue weighted by Gasteiger charge is 2.67. The van der Waals surface area contributed by atoms with E-state index in [-0.39, 0.29) is 5.91 Å². The number of carbonyl (C=O) groups is 1. The Morgan fingerprint density at radius 2 is 2.00 bits per heavy atom. The standard InChI is InChI=1S/C20H35N3O/c1-13(2)12-23-17(9-14-6-4-3-5-7-14)16-8-15-10-18(23)20(16,19(21)24)22-11-15/h13-18,22H,3-12H2,1-2H3,(H2,21,24). The molecule has 3 heterocycles. The summed E-state index contributed by atoms with van der Waals surface area (Å²) in [6.45, 7) is 6.72. The fourth-order valence-corrected chi connectivity index (χ4v) is 6.62. The Labute approximate surface area is 146 Å². The van der Waals surface area contributed by atoms with Gasteiger partial charge in [0, 0.05) is 24.5 Å². The number of hydrogen-bond donors (Lipinski definition) is 2. The first-order valence-electron chi connectivity index (χ1n) is 10.3. The predicted octanol–water partition coefficient (Wildman–Crippen LogP) is 2.52. The maximum Gasteiger partial charge on any atom is 0.239 e. The van der Waals surface area contributed by atoms with Crippen LogP contribution in [-0.2, 0) is 4.79 Å². The van der Waals surface area contributed by atoms with Crippen LogP contribution in [0.4, 0.5) is 0 Å². The fourth-order valence-electron chi connectivity index (χ4n) is 6.62. The Morgan fingerprint density at radius 3 is 2.67 bits per heavy atom. The quantitative estimate of drug-likeness (QED) is 0.813. The van der Waals surface area contributed by atoms with Gasteiger partial charge < -0.3 is 11.1 Å². The molecule has 24 heavy (non-hydrogen) atoms. The molecule has 4 heteroatoms. The minimum atomic E-state index is -0.441.